The number of aliphatic hydroxyl groups is 1. The van der Waals surface area contributed by atoms with Gasteiger partial charge < -0.3 is 20.3 Å². The normalized spacial score (nSPS) is 11.1. The fourth-order valence-corrected chi connectivity index (χ4v) is 1.34. The fraction of sp³-hybridized carbons (Fsp3) is 0.462. The van der Waals surface area contributed by atoms with Gasteiger partial charge in [-0.15, -0.1) is 0 Å². The van der Waals surface area contributed by atoms with Gasteiger partial charge in [0.25, 0.3) is 0 Å². The fourth-order valence-electron chi connectivity index (χ4n) is 1.34. The molecule has 0 fully saturated rings. The summed E-state index contributed by atoms with van der Waals surface area (Å²) < 4.78 is 10.0. The van der Waals surface area contributed by atoms with E-state index in [1.807, 2.05) is 0 Å². The number of esters is 1. The number of carbonyl (C=O) groups excluding carboxylic acids is 1. The van der Waals surface area contributed by atoms with Crippen LogP contribution in [0.3, 0.4) is 0 Å². The van der Waals surface area contributed by atoms with Crippen molar-refractivity contribution in [1.29, 1.82) is 0 Å². The Labute approximate surface area is 107 Å². The van der Waals surface area contributed by atoms with Crippen LogP contribution in [0.15, 0.2) is 18.2 Å². The standard InChI is InChI=1S/C13H19NO4/c1-13(2,16)6-7-18-11-5-4-9(8-10(11)14)12(15)17-3/h4-5,8,16H,6-7,14H2,1-3H3. The van der Waals surface area contributed by atoms with Crippen LogP contribution in [0.4, 0.5) is 5.69 Å². The monoisotopic (exact) mass is 253 g/mol. The van der Waals surface area contributed by atoms with Gasteiger partial charge in [0.1, 0.15) is 5.75 Å². The topological polar surface area (TPSA) is 81.8 Å². The quantitative estimate of drug-likeness (QED) is 0.615. The predicted molar refractivity (Wildman–Crippen MR) is 68.6 cm³/mol. The summed E-state index contributed by atoms with van der Waals surface area (Å²) in [6.07, 6.45) is 0.491. The molecule has 1 rings (SSSR count). The average Bonchev–Trinajstić information content (AvgIpc) is 2.28. The zero-order chi connectivity index (χ0) is 13.8. The van der Waals surface area contributed by atoms with Crippen molar-refractivity contribution < 1.29 is 19.4 Å². The second-order valence-corrected chi connectivity index (χ2v) is 4.66. The summed E-state index contributed by atoms with van der Waals surface area (Å²) in [5, 5.41) is 9.54. The third kappa shape index (κ3) is 4.25. The van der Waals surface area contributed by atoms with E-state index >= 15 is 0 Å². The number of nitrogen functional groups attached to an aromatic ring is 1. The van der Waals surface area contributed by atoms with Crippen molar-refractivity contribution in [1.82, 2.24) is 0 Å². The molecule has 3 N–H and O–H groups in total. The summed E-state index contributed by atoms with van der Waals surface area (Å²) in [6.45, 7) is 3.77. The van der Waals surface area contributed by atoms with Gasteiger partial charge in [-0.2, -0.15) is 0 Å². The number of rotatable bonds is 5. The smallest absolute Gasteiger partial charge is 0.337 e. The van der Waals surface area contributed by atoms with Gasteiger partial charge in [-0.25, -0.2) is 4.79 Å². The Bertz CT molecular complexity index is 423. The van der Waals surface area contributed by atoms with E-state index in [4.69, 9.17) is 10.5 Å². The van der Waals surface area contributed by atoms with Crippen molar-refractivity contribution in [3.8, 4) is 5.75 Å². The van der Waals surface area contributed by atoms with Gasteiger partial charge >= 0.3 is 5.97 Å². The van der Waals surface area contributed by atoms with Gasteiger partial charge in [-0.05, 0) is 32.0 Å². The summed E-state index contributed by atoms with van der Waals surface area (Å²) in [4.78, 5) is 11.3. The number of ether oxygens (including phenoxy) is 2. The largest absolute Gasteiger partial charge is 0.491 e. The van der Waals surface area contributed by atoms with Crippen molar-refractivity contribution in [2.45, 2.75) is 25.9 Å². The highest BCUT2D eigenvalue weighted by atomic mass is 16.5. The van der Waals surface area contributed by atoms with Crippen LogP contribution in [0.2, 0.25) is 0 Å². The third-order valence-corrected chi connectivity index (χ3v) is 2.40. The van der Waals surface area contributed by atoms with Gasteiger partial charge in [-0.3, -0.25) is 0 Å². The van der Waals surface area contributed by atoms with E-state index in [2.05, 4.69) is 4.74 Å². The van der Waals surface area contributed by atoms with E-state index in [1.165, 1.54) is 13.2 Å². The first-order valence-corrected chi connectivity index (χ1v) is 5.66. The lowest BCUT2D eigenvalue weighted by Gasteiger charge is -2.17. The van der Waals surface area contributed by atoms with E-state index in [1.54, 1.807) is 26.0 Å². The molecule has 0 aromatic heterocycles. The summed E-state index contributed by atoms with van der Waals surface area (Å²) in [6, 6.07) is 4.71. The zero-order valence-corrected chi connectivity index (χ0v) is 10.9. The maximum Gasteiger partial charge on any atom is 0.337 e. The zero-order valence-electron chi connectivity index (χ0n) is 10.9. The van der Waals surface area contributed by atoms with Crippen molar-refractivity contribution in [2.75, 3.05) is 19.5 Å². The first kappa shape index (κ1) is 14.3. The van der Waals surface area contributed by atoms with Crippen molar-refractivity contribution in [3.63, 3.8) is 0 Å². The Morgan fingerprint density at radius 3 is 2.61 bits per heavy atom. The molecule has 5 nitrogen and oxygen atoms in total. The van der Waals surface area contributed by atoms with E-state index in [-0.39, 0.29) is 0 Å². The van der Waals surface area contributed by atoms with E-state index in [0.717, 1.165) is 0 Å². The molecular formula is C13H19NO4. The Balaban J connectivity index is 2.66. The summed E-state index contributed by atoms with van der Waals surface area (Å²) in [5.41, 5.74) is 5.74. The number of methoxy groups -OCH3 is 1. The van der Waals surface area contributed by atoms with Crippen LogP contribution in [-0.2, 0) is 4.74 Å². The lowest BCUT2D eigenvalue weighted by Crippen LogP contribution is -2.22. The summed E-state index contributed by atoms with van der Waals surface area (Å²) >= 11 is 0. The van der Waals surface area contributed by atoms with Gasteiger partial charge in [0, 0.05) is 6.42 Å². The molecule has 0 unspecified atom stereocenters. The molecule has 0 aliphatic heterocycles. The van der Waals surface area contributed by atoms with Crippen LogP contribution < -0.4 is 10.5 Å². The van der Waals surface area contributed by atoms with E-state index < -0.39 is 11.6 Å². The van der Waals surface area contributed by atoms with Crippen molar-refractivity contribution >= 4 is 11.7 Å². The maximum absolute atomic E-state index is 11.3. The molecule has 100 valence electrons. The van der Waals surface area contributed by atoms with Crippen LogP contribution in [0.5, 0.6) is 5.75 Å². The highest BCUT2D eigenvalue weighted by molar-refractivity contribution is 5.90. The Morgan fingerprint density at radius 2 is 2.11 bits per heavy atom. The summed E-state index contributed by atoms with van der Waals surface area (Å²) in [7, 11) is 1.31. The molecule has 0 saturated carbocycles. The Hall–Kier alpha value is -1.75. The molecule has 0 spiro atoms. The van der Waals surface area contributed by atoms with Crippen molar-refractivity contribution in [2.24, 2.45) is 0 Å². The van der Waals surface area contributed by atoms with Crippen LogP contribution in [0, 0.1) is 0 Å². The van der Waals surface area contributed by atoms with Crippen LogP contribution in [-0.4, -0.2) is 30.4 Å². The molecule has 5 heteroatoms. The second-order valence-electron chi connectivity index (χ2n) is 4.66. The minimum Gasteiger partial charge on any atom is -0.491 e. The first-order valence-electron chi connectivity index (χ1n) is 5.66. The number of benzene rings is 1. The first-order chi connectivity index (χ1) is 8.33. The minimum absolute atomic E-state index is 0.352. The highest BCUT2D eigenvalue weighted by Crippen LogP contribution is 2.23. The maximum atomic E-state index is 11.3. The molecule has 0 bridgehead atoms. The lowest BCUT2D eigenvalue weighted by atomic mass is 10.1. The Kier molecular flexibility index (Phi) is 4.55. The molecule has 1 aromatic carbocycles. The molecule has 18 heavy (non-hydrogen) atoms. The van der Waals surface area contributed by atoms with Crippen molar-refractivity contribution in [3.05, 3.63) is 23.8 Å². The average molecular weight is 253 g/mol. The predicted octanol–water partition coefficient (Wildman–Crippen LogP) is 1.60. The molecule has 0 aliphatic rings. The minimum atomic E-state index is -0.777. The molecular weight excluding hydrogens is 234 g/mol. The molecule has 0 heterocycles. The SMILES string of the molecule is COC(=O)c1ccc(OCCC(C)(C)O)c(N)c1. The van der Waals surface area contributed by atoms with Gasteiger partial charge in [0.15, 0.2) is 0 Å². The third-order valence-electron chi connectivity index (χ3n) is 2.40. The number of nitrogens with two attached hydrogens (primary N) is 1. The molecule has 0 aliphatic carbocycles. The molecule has 1 aromatic rings. The van der Waals surface area contributed by atoms with Crippen LogP contribution >= 0.6 is 0 Å². The summed E-state index contributed by atoms with van der Waals surface area (Å²) in [5.74, 6) is 0.0524. The second kappa shape index (κ2) is 5.73. The number of anilines is 1. The van der Waals surface area contributed by atoms with Gasteiger partial charge in [0.05, 0.1) is 30.6 Å². The van der Waals surface area contributed by atoms with E-state index in [9.17, 15) is 9.90 Å². The number of hydrogen-bond donors (Lipinski definition) is 2. The Morgan fingerprint density at radius 1 is 1.44 bits per heavy atom. The van der Waals surface area contributed by atoms with Crippen LogP contribution in [0.1, 0.15) is 30.6 Å². The lowest BCUT2D eigenvalue weighted by molar-refractivity contribution is 0.0554. The van der Waals surface area contributed by atoms with Gasteiger partial charge in [-0.1, -0.05) is 0 Å². The molecule has 0 amide bonds. The highest BCUT2D eigenvalue weighted by Gasteiger charge is 2.13. The molecule has 0 radical (unpaired) electrons. The van der Waals surface area contributed by atoms with Gasteiger partial charge in [0.2, 0.25) is 0 Å². The van der Waals surface area contributed by atoms with E-state index in [0.29, 0.717) is 30.0 Å². The van der Waals surface area contributed by atoms with Crippen LogP contribution in [0.25, 0.3) is 0 Å². The molecule has 0 atom stereocenters. The number of hydrogen-bond acceptors (Lipinski definition) is 5. The number of carbonyl (C=O) groups is 1. The molecule has 0 saturated heterocycles.